The molecule has 0 saturated carbocycles. The summed E-state index contributed by atoms with van der Waals surface area (Å²) in [7, 11) is 0. The first kappa shape index (κ1) is 18.0. The van der Waals surface area contributed by atoms with E-state index in [9.17, 15) is 4.79 Å². The number of nitrogens with zero attached hydrogens (tertiary/aromatic N) is 1. The molecule has 1 heterocycles. The van der Waals surface area contributed by atoms with Crippen molar-refractivity contribution in [3.8, 4) is 0 Å². The summed E-state index contributed by atoms with van der Waals surface area (Å²) in [5, 5.41) is 0. The SMILES string of the molecule is CC1=NC(c2ccccc2)(c2ccccc2)C(C(=O)OCc2ccccc2)O1. The van der Waals surface area contributed by atoms with Gasteiger partial charge in [0.25, 0.3) is 0 Å². The van der Waals surface area contributed by atoms with E-state index < -0.39 is 17.6 Å². The second-order valence-corrected chi connectivity index (χ2v) is 6.72. The summed E-state index contributed by atoms with van der Waals surface area (Å²) < 4.78 is 11.5. The monoisotopic (exact) mass is 371 g/mol. The van der Waals surface area contributed by atoms with Crippen LogP contribution >= 0.6 is 0 Å². The molecular weight excluding hydrogens is 350 g/mol. The summed E-state index contributed by atoms with van der Waals surface area (Å²) >= 11 is 0. The highest BCUT2D eigenvalue weighted by Crippen LogP contribution is 2.43. The Morgan fingerprint density at radius 3 is 1.93 bits per heavy atom. The van der Waals surface area contributed by atoms with Gasteiger partial charge >= 0.3 is 5.97 Å². The average Bonchev–Trinajstić information content (AvgIpc) is 3.12. The number of carbonyl (C=O) groups excluding carboxylic acids is 1. The average molecular weight is 371 g/mol. The van der Waals surface area contributed by atoms with Gasteiger partial charge in [-0.25, -0.2) is 9.79 Å². The van der Waals surface area contributed by atoms with Gasteiger partial charge < -0.3 is 9.47 Å². The third-order valence-electron chi connectivity index (χ3n) is 4.87. The minimum atomic E-state index is -0.972. The molecule has 0 bridgehead atoms. The van der Waals surface area contributed by atoms with E-state index in [1.165, 1.54) is 0 Å². The van der Waals surface area contributed by atoms with E-state index in [0.717, 1.165) is 16.7 Å². The molecule has 140 valence electrons. The highest BCUT2D eigenvalue weighted by molar-refractivity contribution is 5.87. The van der Waals surface area contributed by atoms with Gasteiger partial charge in [0.15, 0.2) is 11.4 Å². The van der Waals surface area contributed by atoms with Crippen molar-refractivity contribution in [3.63, 3.8) is 0 Å². The van der Waals surface area contributed by atoms with E-state index in [4.69, 9.17) is 14.5 Å². The quantitative estimate of drug-likeness (QED) is 0.621. The summed E-state index contributed by atoms with van der Waals surface area (Å²) in [5.41, 5.74) is 1.73. The van der Waals surface area contributed by atoms with E-state index in [0.29, 0.717) is 5.90 Å². The van der Waals surface area contributed by atoms with Crippen LogP contribution in [0.1, 0.15) is 23.6 Å². The molecule has 1 aliphatic rings. The molecule has 3 aromatic rings. The van der Waals surface area contributed by atoms with Crippen molar-refractivity contribution in [2.75, 3.05) is 0 Å². The maximum atomic E-state index is 13.1. The standard InChI is InChI=1S/C24H21NO3/c1-18-25-24(20-13-7-3-8-14-20,21-15-9-4-10-16-21)22(28-18)23(26)27-17-19-11-5-2-6-12-19/h2-16,22H,17H2,1H3. The second-order valence-electron chi connectivity index (χ2n) is 6.72. The smallest absolute Gasteiger partial charge is 0.351 e. The van der Waals surface area contributed by atoms with Crippen LogP contribution in [-0.4, -0.2) is 18.0 Å². The Balaban J connectivity index is 1.72. The highest BCUT2D eigenvalue weighted by atomic mass is 16.6. The number of carbonyl (C=O) groups is 1. The van der Waals surface area contributed by atoms with Crippen LogP contribution in [0.5, 0.6) is 0 Å². The molecule has 1 atom stereocenters. The van der Waals surface area contributed by atoms with Crippen molar-refractivity contribution in [1.29, 1.82) is 0 Å². The molecule has 0 radical (unpaired) electrons. The Morgan fingerprint density at radius 1 is 0.893 bits per heavy atom. The van der Waals surface area contributed by atoms with E-state index in [1.807, 2.05) is 91.0 Å². The molecule has 4 rings (SSSR count). The van der Waals surface area contributed by atoms with Crippen LogP contribution < -0.4 is 0 Å². The number of hydrogen-bond acceptors (Lipinski definition) is 4. The molecular formula is C24H21NO3. The minimum Gasteiger partial charge on any atom is -0.463 e. The van der Waals surface area contributed by atoms with E-state index >= 15 is 0 Å². The summed E-state index contributed by atoms with van der Waals surface area (Å²) in [6.45, 7) is 1.96. The van der Waals surface area contributed by atoms with Crippen LogP contribution in [0.15, 0.2) is 96.0 Å². The molecule has 3 aromatic carbocycles. The lowest BCUT2D eigenvalue weighted by molar-refractivity contribution is -0.155. The Labute approximate surface area is 164 Å². The van der Waals surface area contributed by atoms with Crippen molar-refractivity contribution >= 4 is 11.9 Å². The molecule has 1 unspecified atom stereocenters. The van der Waals surface area contributed by atoms with E-state index in [2.05, 4.69) is 0 Å². The van der Waals surface area contributed by atoms with Crippen LogP contribution in [-0.2, 0) is 26.4 Å². The lowest BCUT2D eigenvalue weighted by Crippen LogP contribution is -2.43. The largest absolute Gasteiger partial charge is 0.463 e. The molecule has 0 aliphatic carbocycles. The van der Waals surface area contributed by atoms with Crippen molar-refractivity contribution < 1.29 is 14.3 Å². The second kappa shape index (κ2) is 7.69. The molecule has 28 heavy (non-hydrogen) atoms. The molecule has 0 N–H and O–H groups in total. The van der Waals surface area contributed by atoms with Gasteiger partial charge in [-0.15, -0.1) is 0 Å². The van der Waals surface area contributed by atoms with Crippen molar-refractivity contribution in [1.82, 2.24) is 0 Å². The maximum Gasteiger partial charge on any atom is 0.351 e. The Morgan fingerprint density at radius 2 is 1.39 bits per heavy atom. The number of benzene rings is 3. The van der Waals surface area contributed by atoms with Gasteiger partial charge in [0.2, 0.25) is 6.10 Å². The summed E-state index contributed by atoms with van der Waals surface area (Å²) in [5.74, 6) is 0.0338. The fourth-order valence-corrected chi connectivity index (χ4v) is 3.60. The molecule has 0 spiro atoms. The highest BCUT2D eigenvalue weighted by Gasteiger charge is 2.53. The molecule has 0 amide bonds. The fraction of sp³-hybridized carbons (Fsp3) is 0.167. The van der Waals surface area contributed by atoms with Crippen LogP contribution in [0, 0.1) is 0 Å². The van der Waals surface area contributed by atoms with Crippen molar-refractivity contribution in [3.05, 3.63) is 108 Å². The zero-order chi connectivity index (χ0) is 19.4. The van der Waals surface area contributed by atoms with Gasteiger partial charge in [-0.3, -0.25) is 0 Å². The lowest BCUT2D eigenvalue weighted by atomic mass is 9.79. The van der Waals surface area contributed by atoms with Gasteiger partial charge in [-0.05, 0) is 16.7 Å². The zero-order valence-corrected chi connectivity index (χ0v) is 15.6. The fourth-order valence-electron chi connectivity index (χ4n) is 3.60. The maximum absolute atomic E-state index is 13.1. The number of hydrogen-bond donors (Lipinski definition) is 0. The Kier molecular flexibility index (Phi) is 4.94. The van der Waals surface area contributed by atoms with Gasteiger partial charge in [0.1, 0.15) is 6.61 Å². The first-order valence-corrected chi connectivity index (χ1v) is 9.25. The van der Waals surface area contributed by atoms with Crippen LogP contribution in [0.25, 0.3) is 0 Å². The lowest BCUT2D eigenvalue weighted by Gasteiger charge is -2.31. The first-order valence-electron chi connectivity index (χ1n) is 9.25. The van der Waals surface area contributed by atoms with E-state index in [1.54, 1.807) is 6.92 Å². The first-order chi connectivity index (χ1) is 13.7. The number of aliphatic imine (C=N–C) groups is 1. The Bertz CT molecular complexity index is 929. The molecule has 4 heteroatoms. The molecule has 0 fully saturated rings. The summed E-state index contributed by atoms with van der Waals surface area (Å²) in [4.78, 5) is 17.9. The molecule has 1 aliphatic heterocycles. The topological polar surface area (TPSA) is 47.9 Å². The third kappa shape index (κ3) is 3.29. The minimum absolute atomic E-state index is 0.193. The third-order valence-corrected chi connectivity index (χ3v) is 4.87. The summed E-state index contributed by atoms with van der Waals surface area (Å²) in [6, 6.07) is 29.1. The van der Waals surface area contributed by atoms with Crippen molar-refractivity contribution in [2.24, 2.45) is 4.99 Å². The van der Waals surface area contributed by atoms with Gasteiger partial charge in [-0.1, -0.05) is 91.0 Å². The number of esters is 1. The van der Waals surface area contributed by atoms with Crippen LogP contribution in [0.3, 0.4) is 0 Å². The van der Waals surface area contributed by atoms with Gasteiger partial charge in [-0.2, -0.15) is 0 Å². The molecule has 4 nitrogen and oxygen atoms in total. The summed E-state index contributed by atoms with van der Waals surface area (Å²) in [6.07, 6.45) is -0.888. The van der Waals surface area contributed by atoms with E-state index in [-0.39, 0.29) is 6.61 Å². The predicted octanol–water partition coefficient (Wildman–Crippen LogP) is 4.49. The van der Waals surface area contributed by atoms with Crippen LogP contribution in [0.4, 0.5) is 0 Å². The van der Waals surface area contributed by atoms with Gasteiger partial charge in [0, 0.05) is 6.92 Å². The molecule has 0 aromatic heterocycles. The Hall–Kier alpha value is -3.40. The predicted molar refractivity (Wildman–Crippen MR) is 108 cm³/mol. The van der Waals surface area contributed by atoms with Crippen LogP contribution in [0.2, 0.25) is 0 Å². The molecule has 0 saturated heterocycles. The number of rotatable bonds is 5. The normalized spacial score (nSPS) is 17.5. The number of ether oxygens (including phenoxy) is 2. The zero-order valence-electron chi connectivity index (χ0n) is 15.6. The van der Waals surface area contributed by atoms with Gasteiger partial charge in [0.05, 0.1) is 0 Å². The van der Waals surface area contributed by atoms with Crippen molar-refractivity contribution in [2.45, 2.75) is 25.2 Å².